The van der Waals surface area contributed by atoms with Crippen LogP contribution in [0.4, 0.5) is 8.78 Å². The number of aromatic nitrogens is 1. The lowest BCUT2D eigenvalue weighted by atomic mass is 10.1. The van der Waals surface area contributed by atoms with Crippen molar-refractivity contribution < 1.29 is 37.4 Å². The van der Waals surface area contributed by atoms with Crippen molar-refractivity contribution in [3.63, 3.8) is 0 Å². The Kier molecular flexibility index (Phi) is 6.83. The number of pyridine rings is 1. The minimum absolute atomic E-state index is 0.0381. The molecule has 3 heterocycles. The molecule has 13 heteroatoms. The van der Waals surface area contributed by atoms with Crippen LogP contribution in [0.2, 0.25) is 0 Å². The average Bonchev–Trinajstić information content (AvgIpc) is 3.39. The SMILES string of the molecule is COCCN1CN(C(=O)c2ccco2)n2cc(C(=O)NCc3ccc(F)cc3F)c(=O)c(O)c2C1=O. The van der Waals surface area contributed by atoms with E-state index in [0.717, 1.165) is 28.0 Å². The predicted molar refractivity (Wildman–Crippen MR) is 119 cm³/mol. The average molecular weight is 502 g/mol. The Morgan fingerprint density at radius 1 is 1.22 bits per heavy atom. The topological polar surface area (TPSA) is 134 Å². The summed E-state index contributed by atoms with van der Waals surface area (Å²) in [5, 5.41) is 13.9. The maximum atomic E-state index is 13.9. The third kappa shape index (κ3) is 4.55. The van der Waals surface area contributed by atoms with Crippen molar-refractivity contribution in [3.8, 4) is 5.75 Å². The Hall–Kier alpha value is -4.52. The summed E-state index contributed by atoms with van der Waals surface area (Å²) in [6.07, 6.45) is 2.20. The number of carbonyl (C=O) groups excluding carboxylic acids is 3. The van der Waals surface area contributed by atoms with Gasteiger partial charge in [-0.05, 0) is 18.2 Å². The monoisotopic (exact) mass is 502 g/mol. The zero-order valence-electron chi connectivity index (χ0n) is 18.9. The molecule has 0 fully saturated rings. The van der Waals surface area contributed by atoms with Gasteiger partial charge in [0.1, 0.15) is 23.9 Å². The van der Waals surface area contributed by atoms with Gasteiger partial charge in [-0.25, -0.2) is 18.5 Å². The van der Waals surface area contributed by atoms with Crippen LogP contribution in [0.3, 0.4) is 0 Å². The van der Waals surface area contributed by atoms with Crippen molar-refractivity contribution in [3.05, 3.63) is 87.2 Å². The van der Waals surface area contributed by atoms with Crippen LogP contribution >= 0.6 is 0 Å². The quantitative estimate of drug-likeness (QED) is 0.496. The molecule has 3 aromatic rings. The molecule has 4 rings (SSSR count). The molecular weight excluding hydrogens is 482 g/mol. The van der Waals surface area contributed by atoms with Crippen LogP contribution < -0.4 is 15.8 Å². The number of hydrogen-bond donors (Lipinski definition) is 2. The smallest absolute Gasteiger partial charge is 0.310 e. The second-order valence-corrected chi connectivity index (χ2v) is 7.72. The summed E-state index contributed by atoms with van der Waals surface area (Å²) >= 11 is 0. The van der Waals surface area contributed by atoms with Gasteiger partial charge in [-0.15, -0.1) is 0 Å². The van der Waals surface area contributed by atoms with Gasteiger partial charge >= 0.3 is 5.91 Å². The van der Waals surface area contributed by atoms with Gasteiger partial charge in [-0.2, -0.15) is 0 Å². The van der Waals surface area contributed by atoms with Crippen molar-refractivity contribution in [1.82, 2.24) is 14.9 Å². The molecule has 1 aliphatic rings. The van der Waals surface area contributed by atoms with E-state index in [1.165, 1.54) is 30.4 Å². The molecule has 1 aliphatic heterocycles. The molecule has 3 amide bonds. The number of benzene rings is 1. The first kappa shape index (κ1) is 24.6. The number of methoxy groups -OCH3 is 1. The second kappa shape index (κ2) is 10.00. The first-order chi connectivity index (χ1) is 17.2. The zero-order valence-corrected chi connectivity index (χ0v) is 18.9. The Labute approximate surface area is 202 Å². The fourth-order valence-corrected chi connectivity index (χ4v) is 3.58. The standard InChI is InChI=1S/C23H20F2N4O7/c1-35-8-6-27-12-29(22(33)17-3-2-7-36-17)28-11-15(19(30)20(31)18(28)23(27)34)21(32)26-10-13-4-5-14(24)9-16(13)25/h2-5,7,9,11,31H,6,8,10,12H2,1H3,(H,26,32). The Balaban J connectivity index is 1.72. The number of fused-ring (bicyclic) bond motifs is 1. The highest BCUT2D eigenvalue weighted by Crippen LogP contribution is 2.23. The van der Waals surface area contributed by atoms with Gasteiger partial charge in [-0.3, -0.25) is 19.2 Å². The Bertz CT molecular complexity index is 1390. The fourth-order valence-electron chi connectivity index (χ4n) is 3.58. The van der Waals surface area contributed by atoms with Gasteiger partial charge in [0.05, 0.1) is 12.9 Å². The number of amides is 3. The molecule has 36 heavy (non-hydrogen) atoms. The van der Waals surface area contributed by atoms with Crippen molar-refractivity contribution in [2.45, 2.75) is 6.54 Å². The third-order valence-corrected chi connectivity index (χ3v) is 5.45. The molecule has 0 saturated carbocycles. The van der Waals surface area contributed by atoms with E-state index in [1.54, 1.807) is 0 Å². The predicted octanol–water partition coefficient (Wildman–Crippen LogP) is 1.19. The summed E-state index contributed by atoms with van der Waals surface area (Å²) in [4.78, 5) is 52.9. The Morgan fingerprint density at radius 2 is 2.00 bits per heavy atom. The molecule has 0 bridgehead atoms. The van der Waals surface area contributed by atoms with Gasteiger partial charge in [0, 0.05) is 38.0 Å². The maximum absolute atomic E-state index is 13.9. The molecule has 2 N–H and O–H groups in total. The first-order valence-corrected chi connectivity index (χ1v) is 10.6. The number of aromatic hydroxyl groups is 1. The second-order valence-electron chi connectivity index (χ2n) is 7.72. The highest BCUT2D eigenvalue weighted by atomic mass is 19.1. The van der Waals surface area contributed by atoms with E-state index in [0.29, 0.717) is 6.07 Å². The number of carbonyl (C=O) groups is 3. The summed E-state index contributed by atoms with van der Waals surface area (Å²) in [6.45, 7) is -0.555. The molecule has 0 radical (unpaired) electrons. The van der Waals surface area contributed by atoms with Gasteiger partial charge < -0.3 is 24.5 Å². The van der Waals surface area contributed by atoms with Crippen molar-refractivity contribution in [2.75, 3.05) is 31.9 Å². The molecule has 0 spiro atoms. The van der Waals surface area contributed by atoms with E-state index >= 15 is 0 Å². The minimum atomic E-state index is -1.18. The number of rotatable bonds is 7. The fraction of sp³-hybridized carbons (Fsp3) is 0.217. The summed E-state index contributed by atoms with van der Waals surface area (Å²) in [5.74, 6) is -5.38. The van der Waals surface area contributed by atoms with Crippen LogP contribution in [0.25, 0.3) is 0 Å². The summed E-state index contributed by atoms with van der Waals surface area (Å²) in [7, 11) is 1.42. The minimum Gasteiger partial charge on any atom is -0.502 e. The number of hydrogen-bond acceptors (Lipinski definition) is 7. The van der Waals surface area contributed by atoms with Crippen LogP contribution in [0.1, 0.15) is 37.0 Å². The number of nitrogens with one attached hydrogen (secondary N) is 1. The van der Waals surface area contributed by atoms with Crippen molar-refractivity contribution in [2.24, 2.45) is 0 Å². The number of furan rings is 1. The van der Waals surface area contributed by atoms with E-state index in [2.05, 4.69) is 5.32 Å². The van der Waals surface area contributed by atoms with Gasteiger partial charge in [0.2, 0.25) is 5.43 Å². The van der Waals surface area contributed by atoms with Crippen LogP contribution in [-0.4, -0.2) is 59.3 Å². The van der Waals surface area contributed by atoms with E-state index in [-0.39, 0.29) is 31.1 Å². The van der Waals surface area contributed by atoms with E-state index in [9.17, 15) is 33.1 Å². The van der Waals surface area contributed by atoms with Gasteiger partial charge in [-0.1, -0.05) is 6.07 Å². The van der Waals surface area contributed by atoms with Crippen molar-refractivity contribution in [1.29, 1.82) is 0 Å². The summed E-state index contributed by atoms with van der Waals surface area (Å²) in [5.41, 5.74) is -2.38. The van der Waals surface area contributed by atoms with E-state index in [4.69, 9.17) is 9.15 Å². The number of ether oxygens (including phenoxy) is 1. The number of halogens is 2. The molecule has 0 atom stereocenters. The molecule has 0 saturated heterocycles. The molecular formula is C23H20F2N4O7. The maximum Gasteiger partial charge on any atom is 0.310 e. The van der Waals surface area contributed by atoms with E-state index in [1.807, 2.05) is 0 Å². The van der Waals surface area contributed by atoms with Gasteiger partial charge in [0.15, 0.2) is 17.2 Å². The summed E-state index contributed by atoms with van der Waals surface area (Å²) < 4.78 is 38.1. The molecule has 0 aliphatic carbocycles. The molecule has 11 nitrogen and oxygen atoms in total. The van der Waals surface area contributed by atoms with Crippen LogP contribution in [0.5, 0.6) is 5.75 Å². The zero-order chi connectivity index (χ0) is 26.0. The molecule has 2 aromatic heterocycles. The lowest BCUT2D eigenvalue weighted by Crippen LogP contribution is -2.57. The largest absolute Gasteiger partial charge is 0.502 e. The van der Waals surface area contributed by atoms with Crippen LogP contribution in [-0.2, 0) is 11.3 Å². The normalized spacial score (nSPS) is 13.0. The number of nitrogens with zero attached hydrogens (tertiary/aromatic N) is 3. The molecule has 188 valence electrons. The molecule has 1 aromatic carbocycles. The van der Waals surface area contributed by atoms with Crippen LogP contribution in [0, 0.1) is 11.6 Å². The highest BCUT2D eigenvalue weighted by Gasteiger charge is 2.37. The molecule has 0 unspecified atom stereocenters. The Morgan fingerprint density at radius 3 is 2.67 bits per heavy atom. The van der Waals surface area contributed by atoms with E-state index < -0.39 is 58.3 Å². The van der Waals surface area contributed by atoms with Crippen molar-refractivity contribution >= 4 is 17.7 Å². The lowest BCUT2D eigenvalue weighted by molar-refractivity contribution is 0.0598. The van der Waals surface area contributed by atoms with Crippen LogP contribution in [0.15, 0.2) is 52.0 Å². The highest BCUT2D eigenvalue weighted by molar-refractivity contribution is 6.04. The first-order valence-electron chi connectivity index (χ1n) is 10.6. The lowest BCUT2D eigenvalue weighted by Gasteiger charge is -2.37. The third-order valence-electron chi connectivity index (χ3n) is 5.45. The summed E-state index contributed by atoms with van der Waals surface area (Å²) in [6, 6.07) is 5.62. The van der Waals surface area contributed by atoms with Gasteiger partial charge in [0.25, 0.3) is 11.8 Å².